The van der Waals surface area contributed by atoms with Crippen molar-refractivity contribution in [2.75, 3.05) is 13.1 Å². The zero-order valence-corrected chi connectivity index (χ0v) is 10.3. The van der Waals surface area contributed by atoms with Crippen LogP contribution in [0.25, 0.3) is 0 Å². The molecule has 88 valence electrons. The number of carbonyl (C=O) groups is 1. The van der Waals surface area contributed by atoms with E-state index < -0.39 is 5.97 Å². The molecular weight excluding hydrogens is 190 g/mol. The number of nitrogens with zero attached hydrogens (tertiary/aromatic N) is 1. The predicted octanol–water partition coefficient (Wildman–Crippen LogP) is 2.22. The van der Waals surface area contributed by atoms with Crippen molar-refractivity contribution in [1.29, 1.82) is 0 Å². The van der Waals surface area contributed by atoms with Gasteiger partial charge in [-0.3, -0.25) is 9.69 Å². The van der Waals surface area contributed by atoms with Crippen molar-refractivity contribution in [3.63, 3.8) is 0 Å². The second-order valence-corrected chi connectivity index (χ2v) is 5.78. The quantitative estimate of drug-likeness (QED) is 0.778. The first-order valence-electron chi connectivity index (χ1n) is 5.78. The molecule has 1 unspecified atom stereocenters. The van der Waals surface area contributed by atoms with E-state index in [1.54, 1.807) is 0 Å². The summed E-state index contributed by atoms with van der Waals surface area (Å²) < 4.78 is 0. The molecule has 1 heterocycles. The summed E-state index contributed by atoms with van der Waals surface area (Å²) in [7, 11) is 0. The molecule has 15 heavy (non-hydrogen) atoms. The second-order valence-electron chi connectivity index (χ2n) is 5.78. The molecule has 1 atom stereocenters. The first-order valence-corrected chi connectivity index (χ1v) is 5.78. The van der Waals surface area contributed by atoms with Crippen molar-refractivity contribution in [3.8, 4) is 0 Å². The third-order valence-corrected chi connectivity index (χ3v) is 3.17. The number of aliphatic carboxylic acids is 1. The first-order chi connectivity index (χ1) is 6.81. The Balaban J connectivity index is 2.55. The summed E-state index contributed by atoms with van der Waals surface area (Å²) in [4.78, 5) is 13.1. The number of carboxylic acids is 1. The second kappa shape index (κ2) is 4.52. The monoisotopic (exact) mass is 213 g/mol. The van der Waals surface area contributed by atoms with Crippen LogP contribution >= 0.6 is 0 Å². The maximum atomic E-state index is 10.7. The SMILES string of the molecule is CC(C)CN1CC(CC(=O)O)CC1(C)C. The topological polar surface area (TPSA) is 40.5 Å². The lowest BCUT2D eigenvalue weighted by atomic mass is 9.94. The summed E-state index contributed by atoms with van der Waals surface area (Å²) in [5.41, 5.74) is 0.171. The van der Waals surface area contributed by atoms with E-state index in [4.69, 9.17) is 5.11 Å². The summed E-state index contributed by atoms with van der Waals surface area (Å²) in [6, 6.07) is 0. The minimum atomic E-state index is -0.665. The fourth-order valence-electron chi connectivity index (χ4n) is 2.60. The van der Waals surface area contributed by atoms with Gasteiger partial charge in [-0.05, 0) is 32.1 Å². The normalized spacial score (nSPS) is 26.1. The third-order valence-electron chi connectivity index (χ3n) is 3.17. The van der Waals surface area contributed by atoms with Gasteiger partial charge < -0.3 is 5.11 Å². The Bertz CT molecular complexity index is 236. The zero-order chi connectivity index (χ0) is 11.6. The van der Waals surface area contributed by atoms with Crippen molar-refractivity contribution in [2.24, 2.45) is 11.8 Å². The molecule has 0 radical (unpaired) electrons. The van der Waals surface area contributed by atoms with Crippen LogP contribution in [0.2, 0.25) is 0 Å². The summed E-state index contributed by atoms with van der Waals surface area (Å²) in [5.74, 6) is 0.311. The Morgan fingerprint density at radius 2 is 2.13 bits per heavy atom. The van der Waals surface area contributed by atoms with Gasteiger partial charge in [0.15, 0.2) is 0 Å². The highest BCUT2D eigenvalue weighted by Gasteiger charge is 2.38. The van der Waals surface area contributed by atoms with E-state index in [0.717, 1.165) is 19.5 Å². The van der Waals surface area contributed by atoms with E-state index in [2.05, 4.69) is 32.6 Å². The van der Waals surface area contributed by atoms with Crippen LogP contribution < -0.4 is 0 Å². The van der Waals surface area contributed by atoms with Gasteiger partial charge in [-0.1, -0.05) is 13.8 Å². The number of hydrogen-bond donors (Lipinski definition) is 1. The highest BCUT2D eigenvalue weighted by atomic mass is 16.4. The Hall–Kier alpha value is -0.570. The first kappa shape index (κ1) is 12.5. The molecule has 0 saturated carbocycles. The van der Waals surface area contributed by atoms with Crippen LogP contribution in [0.4, 0.5) is 0 Å². The summed E-state index contributed by atoms with van der Waals surface area (Å²) in [5, 5.41) is 8.79. The molecule has 1 fully saturated rings. The maximum Gasteiger partial charge on any atom is 0.303 e. The maximum absolute atomic E-state index is 10.7. The van der Waals surface area contributed by atoms with Gasteiger partial charge in [0.1, 0.15) is 0 Å². The Morgan fingerprint density at radius 3 is 2.60 bits per heavy atom. The molecule has 0 aliphatic carbocycles. The van der Waals surface area contributed by atoms with Gasteiger partial charge in [0.05, 0.1) is 0 Å². The highest BCUT2D eigenvalue weighted by molar-refractivity contribution is 5.67. The van der Waals surface area contributed by atoms with Gasteiger partial charge in [-0.15, -0.1) is 0 Å². The number of rotatable bonds is 4. The standard InChI is InChI=1S/C12H23NO2/c1-9(2)7-13-8-10(5-11(14)15)6-12(13,3)4/h9-10H,5-8H2,1-4H3,(H,14,15). The molecule has 0 amide bonds. The van der Waals surface area contributed by atoms with Crippen LogP contribution in [-0.4, -0.2) is 34.6 Å². The lowest BCUT2D eigenvalue weighted by molar-refractivity contribution is -0.138. The van der Waals surface area contributed by atoms with Gasteiger partial charge >= 0.3 is 5.97 Å². The zero-order valence-electron chi connectivity index (χ0n) is 10.3. The van der Waals surface area contributed by atoms with Crippen molar-refractivity contribution in [2.45, 2.75) is 46.1 Å². The predicted molar refractivity (Wildman–Crippen MR) is 60.8 cm³/mol. The van der Waals surface area contributed by atoms with Crippen LogP contribution in [0.5, 0.6) is 0 Å². The fraction of sp³-hybridized carbons (Fsp3) is 0.917. The summed E-state index contributed by atoms with van der Waals surface area (Å²) in [6.45, 7) is 10.9. The molecular formula is C12H23NO2. The molecule has 0 aromatic carbocycles. The molecule has 1 aliphatic heterocycles. The van der Waals surface area contributed by atoms with Crippen molar-refractivity contribution in [3.05, 3.63) is 0 Å². The van der Waals surface area contributed by atoms with Crippen molar-refractivity contribution < 1.29 is 9.90 Å². The number of hydrogen-bond acceptors (Lipinski definition) is 2. The highest BCUT2D eigenvalue weighted by Crippen LogP contribution is 2.34. The lowest BCUT2D eigenvalue weighted by Crippen LogP contribution is -2.40. The van der Waals surface area contributed by atoms with Crippen LogP contribution in [0.1, 0.15) is 40.5 Å². The molecule has 1 rings (SSSR count). The van der Waals surface area contributed by atoms with Gasteiger partial charge in [0.2, 0.25) is 0 Å². The van der Waals surface area contributed by atoms with E-state index in [1.165, 1.54) is 0 Å². The average Bonchev–Trinajstić information content (AvgIpc) is 2.22. The van der Waals surface area contributed by atoms with Gasteiger partial charge in [0.25, 0.3) is 0 Å². The molecule has 0 aromatic heterocycles. The van der Waals surface area contributed by atoms with E-state index in [1.807, 2.05) is 0 Å². The molecule has 1 aliphatic rings. The lowest BCUT2D eigenvalue weighted by Gasteiger charge is -2.32. The smallest absolute Gasteiger partial charge is 0.303 e. The Labute approximate surface area is 92.5 Å². The molecule has 0 bridgehead atoms. The minimum Gasteiger partial charge on any atom is -0.481 e. The fourth-order valence-corrected chi connectivity index (χ4v) is 2.60. The van der Waals surface area contributed by atoms with E-state index >= 15 is 0 Å². The number of likely N-dealkylation sites (tertiary alicyclic amines) is 1. The van der Waals surface area contributed by atoms with Crippen molar-refractivity contribution in [1.82, 2.24) is 4.90 Å². The molecule has 3 nitrogen and oxygen atoms in total. The van der Waals surface area contributed by atoms with E-state index in [0.29, 0.717) is 18.3 Å². The Morgan fingerprint density at radius 1 is 1.53 bits per heavy atom. The van der Waals surface area contributed by atoms with E-state index in [9.17, 15) is 4.79 Å². The van der Waals surface area contributed by atoms with Crippen molar-refractivity contribution >= 4 is 5.97 Å². The summed E-state index contributed by atoms with van der Waals surface area (Å²) >= 11 is 0. The third kappa shape index (κ3) is 3.49. The van der Waals surface area contributed by atoms with E-state index in [-0.39, 0.29) is 5.54 Å². The molecule has 1 saturated heterocycles. The minimum absolute atomic E-state index is 0.171. The molecule has 0 spiro atoms. The van der Waals surface area contributed by atoms with Gasteiger partial charge in [-0.2, -0.15) is 0 Å². The van der Waals surface area contributed by atoms with Crippen LogP contribution in [0.3, 0.4) is 0 Å². The molecule has 0 aromatic rings. The van der Waals surface area contributed by atoms with Crippen LogP contribution in [-0.2, 0) is 4.79 Å². The number of carboxylic acid groups (broad SMARTS) is 1. The van der Waals surface area contributed by atoms with Crippen LogP contribution in [0, 0.1) is 11.8 Å². The molecule has 3 heteroatoms. The Kier molecular flexibility index (Phi) is 3.77. The molecule has 1 N–H and O–H groups in total. The average molecular weight is 213 g/mol. The van der Waals surface area contributed by atoms with Crippen LogP contribution in [0.15, 0.2) is 0 Å². The van der Waals surface area contributed by atoms with Gasteiger partial charge in [0, 0.05) is 25.0 Å². The largest absolute Gasteiger partial charge is 0.481 e. The van der Waals surface area contributed by atoms with Gasteiger partial charge in [-0.25, -0.2) is 0 Å². The summed E-state index contributed by atoms with van der Waals surface area (Å²) in [6.07, 6.45) is 1.32.